The Morgan fingerprint density at radius 2 is 1.77 bits per heavy atom. The fourth-order valence-electron chi connectivity index (χ4n) is 3.03. The molecule has 1 fully saturated rings. The molecular formula is C19H24N4O3. The van der Waals surface area contributed by atoms with Gasteiger partial charge in [-0.2, -0.15) is 5.10 Å². The SMILES string of the molecule is CC(C)c1ccc(-n2c(O)c(C=NN3CCCCC3)c(=O)[nH]c2=O)cc1. The third kappa shape index (κ3) is 3.71. The topological polar surface area (TPSA) is 90.7 Å². The van der Waals surface area contributed by atoms with Gasteiger partial charge in [0.05, 0.1) is 11.9 Å². The molecule has 0 saturated carbocycles. The summed E-state index contributed by atoms with van der Waals surface area (Å²) in [6.45, 7) is 5.80. The summed E-state index contributed by atoms with van der Waals surface area (Å²) in [7, 11) is 0. The van der Waals surface area contributed by atoms with Gasteiger partial charge in [-0.25, -0.2) is 9.36 Å². The van der Waals surface area contributed by atoms with E-state index in [1.54, 1.807) is 12.1 Å². The van der Waals surface area contributed by atoms with Crippen LogP contribution in [0, 0.1) is 0 Å². The van der Waals surface area contributed by atoms with Crippen molar-refractivity contribution in [1.82, 2.24) is 14.6 Å². The fourth-order valence-corrected chi connectivity index (χ4v) is 3.03. The molecule has 0 radical (unpaired) electrons. The van der Waals surface area contributed by atoms with Gasteiger partial charge in [0.1, 0.15) is 5.56 Å². The van der Waals surface area contributed by atoms with Crippen molar-refractivity contribution in [2.24, 2.45) is 5.10 Å². The molecule has 2 heterocycles. The van der Waals surface area contributed by atoms with E-state index in [1.165, 1.54) is 12.6 Å². The Morgan fingerprint density at radius 3 is 2.38 bits per heavy atom. The summed E-state index contributed by atoms with van der Waals surface area (Å²) in [5.41, 5.74) is 0.254. The highest BCUT2D eigenvalue weighted by atomic mass is 16.3. The first-order chi connectivity index (χ1) is 12.5. The molecule has 0 unspecified atom stereocenters. The molecule has 1 aliphatic rings. The zero-order valence-electron chi connectivity index (χ0n) is 15.1. The predicted octanol–water partition coefficient (Wildman–Crippen LogP) is 2.17. The number of nitrogens with one attached hydrogen (secondary N) is 1. The van der Waals surface area contributed by atoms with Crippen LogP contribution in [0.4, 0.5) is 0 Å². The molecule has 0 bridgehead atoms. The second kappa shape index (κ2) is 7.59. The van der Waals surface area contributed by atoms with Crippen molar-refractivity contribution >= 4 is 6.21 Å². The third-order valence-electron chi connectivity index (χ3n) is 4.62. The van der Waals surface area contributed by atoms with Gasteiger partial charge in [-0.15, -0.1) is 0 Å². The summed E-state index contributed by atoms with van der Waals surface area (Å²) < 4.78 is 1.09. The van der Waals surface area contributed by atoms with Gasteiger partial charge in [0, 0.05) is 13.1 Å². The van der Waals surface area contributed by atoms with Crippen LogP contribution < -0.4 is 11.2 Å². The van der Waals surface area contributed by atoms with E-state index in [1.807, 2.05) is 17.1 Å². The van der Waals surface area contributed by atoms with Crippen LogP contribution >= 0.6 is 0 Å². The number of benzene rings is 1. The maximum Gasteiger partial charge on any atom is 0.335 e. The number of aromatic hydroxyl groups is 1. The van der Waals surface area contributed by atoms with Gasteiger partial charge in [0.25, 0.3) is 5.56 Å². The number of aromatic nitrogens is 2. The molecule has 1 aromatic carbocycles. The van der Waals surface area contributed by atoms with E-state index in [-0.39, 0.29) is 5.56 Å². The highest BCUT2D eigenvalue weighted by Crippen LogP contribution is 2.19. The molecule has 0 aliphatic carbocycles. The molecule has 1 saturated heterocycles. The lowest BCUT2D eigenvalue weighted by molar-refractivity contribution is 0.240. The highest BCUT2D eigenvalue weighted by Gasteiger charge is 2.15. The Kier molecular flexibility index (Phi) is 5.25. The van der Waals surface area contributed by atoms with Crippen LogP contribution in [-0.2, 0) is 0 Å². The summed E-state index contributed by atoms with van der Waals surface area (Å²) in [5.74, 6) is -0.0472. The minimum absolute atomic E-state index is 0.0249. The number of aromatic amines is 1. The number of hydrogen-bond donors (Lipinski definition) is 2. The maximum absolute atomic E-state index is 12.2. The zero-order valence-corrected chi connectivity index (χ0v) is 15.1. The van der Waals surface area contributed by atoms with Crippen molar-refractivity contribution < 1.29 is 5.11 Å². The summed E-state index contributed by atoms with van der Waals surface area (Å²) >= 11 is 0. The lowest BCUT2D eigenvalue weighted by Gasteiger charge is -2.23. The van der Waals surface area contributed by atoms with Crippen LogP contribution in [0.3, 0.4) is 0 Å². The van der Waals surface area contributed by atoms with Gasteiger partial charge in [-0.05, 0) is 42.9 Å². The first-order valence-corrected chi connectivity index (χ1v) is 8.95. The van der Waals surface area contributed by atoms with Gasteiger partial charge in [-0.3, -0.25) is 14.8 Å². The number of piperidine rings is 1. The first kappa shape index (κ1) is 18.0. The normalized spacial score (nSPS) is 15.1. The van der Waals surface area contributed by atoms with Crippen LogP contribution in [0.2, 0.25) is 0 Å². The van der Waals surface area contributed by atoms with Crippen molar-refractivity contribution in [2.75, 3.05) is 13.1 Å². The Bertz CT molecular complexity index is 904. The molecule has 0 spiro atoms. The Hall–Kier alpha value is -2.83. The number of hydrazone groups is 1. The second-order valence-electron chi connectivity index (χ2n) is 6.84. The zero-order chi connectivity index (χ0) is 18.7. The van der Waals surface area contributed by atoms with Crippen LogP contribution in [0.1, 0.15) is 50.2 Å². The number of H-pyrrole nitrogens is 1. The molecule has 2 N–H and O–H groups in total. The molecule has 1 aromatic heterocycles. The molecule has 7 nitrogen and oxygen atoms in total. The average Bonchev–Trinajstić information content (AvgIpc) is 2.62. The van der Waals surface area contributed by atoms with Gasteiger partial charge in [0.15, 0.2) is 0 Å². The van der Waals surface area contributed by atoms with Crippen molar-refractivity contribution in [1.29, 1.82) is 0 Å². The summed E-state index contributed by atoms with van der Waals surface area (Å²) in [4.78, 5) is 26.6. The van der Waals surface area contributed by atoms with E-state index in [0.29, 0.717) is 11.6 Å². The molecule has 7 heteroatoms. The first-order valence-electron chi connectivity index (χ1n) is 8.95. The smallest absolute Gasteiger partial charge is 0.335 e. The van der Waals surface area contributed by atoms with Gasteiger partial charge < -0.3 is 5.11 Å². The second-order valence-corrected chi connectivity index (χ2v) is 6.84. The Labute approximate surface area is 151 Å². The quantitative estimate of drug-likeness (QED) is 0.822. The van der Waals surface area contributed by atoms with Crippen molar-refractivity contribution in [3.05, 3.63) is 56.2 Å². The lowest BCUT2D eigenvalue weighted by atomic mass is 10.0. The molecule has 0 atom stereocenters. The van der Waals surface area contributed by atoms with Crippen molar-refractivity contribution in [3.63, 3.8) is 0 Å². The predicted molar refractivity (Wildman–Crippen MR) is 101 cm³/mol. The highest BCUT2D eigenvalue weighted by molar-refractivity contribution is 5.82. The third-order valence-corrected chi connectivity index (χ3v) is 4.62. The van der Waals surface area contributed by atoms with E-state index in [0.717, 1.165) is 36.1 Å². The monoisotopic (exact) mass is 356 g/mol. The maximum atomic E-state index is 12.2. The van der Waals surface area contributed by atoms with Gasteiger partial charge >= 0.3 is 5.69 Å². The number of hydrogen-bond acceptors (Lipinski definition) is 5. The molecule has 3 rings (SSSR count). The molecule has 26 heavy (non-hydrogen) atoms. The van der Waals surface area contributed by atoms with Gasteiger partial charge in [-0.1, -0.05) is 26.0 Å². The fraction of sp³-hybridized carbons (Fsp3) is 0.421. The Morgan fingerprint density at radius 1 is 1.12 bits per heavy atom. The van der Waals surface area contributed by atoms with Crippen molar-refractivity contribution in [2.45, 2.75) is 39.0 Å². The molecular weight excluding hydrogens is 332 g/mol. The van der Waals surface area contributed by atoms with Crippen LogP contribution in [0.25, 0.3) is 5.69 Å². The van der Waals surface area contributed by atoms with Crippen LogP contribution in [-0.4, -0.2) is 39.0 Å². The lowest BCUT2D eigenvalue weighted by Crippen LogP contribution is -2.32. The van der Waals surface area contributed by atoms with E-state index in [9.17, 15) is 14.7 Å². The van der Waals surface area contributed by atoms with E-state index < -0.39 is 17.1 Å². The minimum Gasteiger partial charge on any atom is -0.493 e. The largest absolute Gasteiger partial charge is 0.493 e. The Balaban J connectivity index is 1.99. The summed E-state index contributed by atoms with van der Waals surface area (Å²) in [6.07, 6.45) is 4.62. The summed E-state index contributed by atoms with van der Waals surface area (Å²) in [6, 6.07) is 7.30. The standard InChI is InChI=1S/C19H24N4O3/c1-13(2)14-6-8-15(9-7-14)23-18(25)16(17(24)21-19(23)26)12-20-22-10-4-3-5-11-22/h6-9,12-13,25H,3-5,10-11H2,1-2H3,(H,21,24,26). The molecule has 2 aromatic rings. The van der Waals surface area contributed by atoms with Crippen molar-refractivity contribution in [3.8, 4) is 11.6 Å². The van der Waals surface area contributed by atoms with Gasteiger partial charge in [0.2, 0.25) is 5.88 Å². The molecule has 1 aliphatic heterocycles. The number of nitrogens with zero attached hydrogens (tertiary/aromatic N) is 3. The average molecular weight is 356 g/mol. The minimum atomic E-state index is -0.681. The van der Waals surface area contributed by atoms with Crippen LogP contribution in [0.5, 0.6) is 5.88 Å². The summed E-state index contributed by atoms with van der Waals surface area (Å²) in [5, 5.41) is 16.7. The number of rotatable bonds is 4. The van der Waals surface area contributed by atoms with E-state index >= 15 is 0 Å². The van der Waals surface area contributed by atoms with Crippen LogP contribution in [0.15, 0.2) is 39.0 Å². The molecule has 138 valence electrons. The van der Waals surface area contributed by atoms with E-state index in [2.05, 4.69) is 23.9 Å². The molecule has 0 amide bonds. The van der Waals surface area contributed by atoms with E-state index in [4.69, 9.17) is 0 Å².